The molecule has 0 bridgehead atoms. The quantitative estimate of drug-likeness (QED) is 0.756. The first-order valence-electron chi connectivity index (χ1n) is 4.87. The maximum absolute atomic E-state index is 5.69. The molecule has 0 spiro atoms. The Kier molecular flexibility index (Phi) is 2.98. The Morgan fingerprint density at radius 2 is 2.54 bits per heavy atom. The maximum Gasteiger partial charge on any atom is 0.0417 e. The highest BCUT2D eigenvalue weighted by Gasteiger charge is 2.21. The predicted octanol–water partition coefficient (Wildman–Crippen LogP) is 1.75. The molecular weight excluding hydrogens is 180 g/mol. The largest absolute Gasteiger partial charge is 0.330 e. The summed E-state index contributed by atoms with van der Waals surface area (Å²) in [5.41, 5.74) is 5.69. The summed E-state index contributed by atoms with van der Waals surface area (Å²) in [7, 11) is 0. The van der Waals surface area contributed by atoms with Crippen LogP contribution < -0.4 is 11.1 Å². The van der Waals surface area contributed by atoms with Crippen LogP contribution in [-0.2, 0) is 0 Å². The Morgan fingerprint density at radius 1 is 1.62 bits per heavy atom. The van der Waals surface area contributed by atoms with Crippen molar-refractivity contribution in [3.63, 3.8) is 0 Å². The molecule has 2 unspecified atom stereocenters. The fourth-order valence-electron chi connectivity index (χ4n) is 1.92. The minimum atomic E-state index is 0.558. The number of hydrogen-bond acceptors (Lipinski definition) is 3. The van der Waals surface area contributed by atoms with E-state index in [9.17, 15) is 0 Å². The van der Waals surface area contributed by atoms with Crippen molar-refractivity contribution in [1.29, 1.82) is 0 Å². The van der Waals surface area contributed by atoms with Gasteiger partial charge in [-0.15, -0.1) is 11.3 Å². The summed E-state index contributed by atoms with van der Waals surface area (Å²) >= 11 is 1.84. The minimum absolute atomic E-state index is 0.558. The van der Waals surface area contributed by atoms with Gasteiger partial charge in [-0.2, -0.15) is 0 Å². The van der Waals surface area contributed by atoms with Crippen LogP contribution in [0.25, 0.3) is 0 Å². The van der Waals surface area contributed by atoms with Crippen molar-refractivity contribution in [2.24, 2.45) is 11.7 Å². The molecule has 1 aromatic rings. The zero-order chi connectivity index (χ0) is 9.10. The van der Waals surface area contributed by atoms with Gasteiger partial charge in [0.15, 0.2) is 0 Å². The van der Waals surface area contributed by atoms with Crippen LogP contribution in [0.15, 0.2) is 17.5 Å². The third kappa shape index (κ3) is 2.10. The monoisotopic (exact) mass is 196 g/mol. The SMILES string of the molecule is NCC1CCNC(c2cccs2)C1. The summed E-state index contributed by atoms with van der Waals surface area (Å²) in [5, 5.41) is 5.68. The average molecular weight is 196 g/mol. The van der Waals surface area contributed by atoms with Gasteiger partial charge in [0.25, 0.3) is 0 Å². The van der Waals surface area contributed by atoms with E-state index in [0.717, 1.165) is 13.1 Å². The molecule has 2 atom stereocenters. The fourth-order valence-corrected chi connectivity index (χ4v) is 2.73. The predicted molar refractivity (Wildman–Crippen MR) is 56.8 cm³/mol. The number of nitrogens with one attached hydrogen (secondary N) is 1. The molecule has 0 aliphatic carbocycles. The zero-order valence-electron chi connectivity index (χ0n) is 7.70. The molecule has 2 heterocycles. The number of nitrogens with two attached hydrogens (primary N) is 1. The standard InChI is InChI=1S/C10H16N2S/c11-7-8-3-4-12-9(6-8)10-2-1-5-13-10/h1-2,5,8-9,12H,3-4,6-7,11H2. The number of hydrogen-bond donors (Lipinski definition) is 2. The summed E-state index contributed by atoms with van der Waals surface area (Å²) in [6.45, 7) is 1.95. The van der Waals surface area contributed by atoms with Crippen molar-refractivity contribution in [3.05, 3.63) is 22.4 Å². The van der Waals surface area contributed by atoms with E-state index in [1.54, 1.807) is 0 Å². The van der Waals surface area contributed by atoms with E-state index in [2.05, 4.69) is 22.8 Å². The van der Waals surface area contributed by atoms with Crippen molar-refractivity contribution in [2.75, 3.05) is 13.1 Å². The van der Waals surface area contributed by atoms with E-state index in [0.29, 0.717) is 12.0 Å². The molecule has 13 heavy (non-hydrogen) atoms. The summed E-state index contributed by atoms with van der Waals surface area (Å²) < 4.78 is 0. The molecule has 3 heteroatoms. The van der Waals surface area contributed by atoms with Gasteiger partial charge >= 0.3 is 0 Å². The molecule has 1 aliphatic rings. The lowest BCUT2D eigenvalue weighted by atomic mass is 9.92. The third-order valence-corrected chi connectivity index (χ3v) is 3.72. The summed E-state index contributed by atoms with van der Waals surface area (Å²) in [6.07, 6.45) is 2.44. The number of piperidine rings is 1. The van der Waals surface area contributed by atoms with Gasteiger partial charge in [-0.3, -0.25) is 0 Å². The van der Waals surface area contributed by atoms with Crippen LogP contribution in [0.4, 0.5) is 0 Å². The minimum Gasteiger partial charge on any atom is -0.330 e. The molecule has 0 radical (unpaired) electrons. The van der Waals surface area contributed by atoms with Gasteiger partial charge in [0, 0.05) is 10.9 Å². The molecule has 1 saturated heterocycles. The normalized spacial score (nSPS) is 29.0. The molecule has 0 aromatic carbocycles. The lowest BCUT2D eigenvalue weighted by Gasteiger charge is -2.28. The number of thiophene rings is 1. The lowest BCUT2D eigenvalue weighted by molar-refractivity contribution is 0.315. The van der Waals surface area contributed by atoms with Gasteiger partial charge in [0.05, 0.1) is 0 Å². The van der Waals surface area contributed by atoms with E-state index >= 15 is 0 Å². The van der Waals surface area contributed by atoms with Gasteiger partial charge < -0.3 is 11.1 Å². The highest BCUT2D eigenvalue weighted by atomic mass is 32.1. The molecule has 0 saturated carbocycles. The van der Waals surface area contributed by atoms with Gasteiger partial charge in [-0.1, -0.05) is 6.07 Å². The van der Waals surface area contributed by atoms with Crippen LogP contribution in [0.3, 0.4) is 0 Å². The van der Waals surface area contributed by atoms with E-state index in [1.165, 1.54) is 17.7 Å². The van der Waals surface area contributed by atoms with Crippen LogP contribution in [0.5, 0.6) is 0 Å². The topological polar surface area (TPSA) is 38.0 Å². The van der Waals surface area contributed by atoms with Crippen molar-refractivity contribution in [2.45, 2.75) is 18.9 Å². The third-order valence-electron chi connectivity index (χ3n) is 2.73. The molecule has 1 aliphatic heterocycles. The van der Waals surface area contributed by atoms with E-state index in [4.69, 9.17) is 5.73 Å². The maximum atomic E-state index is 5.69. The van der Waals surface area contributed by atoms with E-state index in [-0.39, 0.29) is 0 Å². The zero-order valence-corrected chi connectivity index (χ0v) is 8.52. The molecular formula is C10H16N2S. The molecule has 3 N–H and O–H groups in total. The molecule has 2 rings (SSSR count). The lowest BCUT2D eigenvalue weighted by Crippen LogP contribution is -2.34. The Hall–Kier alpha value is -0.380. The van der Waals surface area contributed by atoms with Crippen LogP contribution in [-0.4, -0.2) is 13.1 Å². The summed E-state index contributed by atoms with van der Waals surface area (Å²) in [6, 6.07) is 4.89. The second-order valence-corrected chi connectivity index (χ2v) is 4.63. The molecule has 1 aromatic heterocycles. The highest BCUT2D eigenvalue weighted by Crippen LogP contribution is 2.29. The Morgan fingerprint density at radius 3 is 3.23 bits per heavy atom. The first kappa shape index (κ1) is 9.19. The molecule has 2 nitrogen and oxygen atoms in total. The van der Waals surface area contributed by atoms with Crippen molar-refractivity contribution in [1.82, 2.24) is 5.32 Å². The van der Waals surface area contributed by atoms with Crippen molar-refractivity contribution < 1.29 is 0 Å². The van der Waals surface area contributed by atoms with Gasteiger partial charge in [-0.05, 0) is 43.3 Å². The molecule has 72 valence electrons. The first-order chi connectivity index (χ1) is 6.40. The second-order valence-electron chi connectivity index (χ2n) is 3.65. The highest BCUT2D eigenvalue weighted by molar-refractivity contribution is 7.10. The van der Waals surface area contributed by atoms with E-state index < -0.39 is 0 Å². The van der Waals surface area contributed by atoms with Crippen LogP contribution in [0.1, 0.15) is 23.8 Å². The summed E-state index contributed by atoms with van der Waals surface area (Å²) in [5.74, 6) is 0.716. The van der Waals surface area contributed by atoms with Crippen LogP contribution >= 0.6 is 11.3 Å². The molecule has 0 amide bonds. The first-order valence-corrected chi connectivity index (χ1v) is 5.75. The number of rotatable bonds is 2. The average Bonchev–Trinajstić information content (AvgIpc) is 2.71. The van der Waals surface area contributed by atoms with Gasteiger partial charge in [0.1, 0.15) is 0 Å². The van der Waals surface area contributed by atoms with Crippen molar-refractivity contribution in [3.8, 4) is 0 Å². The van der Waals surface area contributed by atoms with Gasteiger partial charge in [-0.25, -0.2) is 0 Å². The smallest absolute Gasteiger partial charge is 0.0417 e. The van der Waals surface area contributed by atoms with Crippen LogP contribution in [0, 0.1) is 5.92 Å². The van der Waals surface area contributed by atoms with Crippen LogP contribution in [0.2, 0.25) is 0 Å². The Labute approximate surface area is 83.1 Å². The molecule has 1 fully saturated rings. The summed E-state index contributed by atoms with van der Waals surface area (Å²) in [4.78, 5) is 1.46. The van der Waals surface area contributed by atoms with Crippen molar-refractivity contribution >= 4 is 11.3 Å². The fraction of sp³-hybridized carbons (Fsp3) is 0.600. The van der Waals surface area contributed by atoms with Gasteiger partial charge in [0.2, 0.25) is 0 Å². The second kappa shape index (κ2) is 4.22. The Balaban J connectivity index is 2.00. The Bertz CT molecular complexity index is 245. The van der Waals surface area contributed by atoms with E-state index in [1.807, 2.05) is 11.3 Å².